The molecule has 0 bridgehead atoms. The topological polar surface area (TPSA) is 72.0 Å². The molecule has 1 aromatic rings. The molecule has 24 heavy (non-hydrogen) atoms. The van der Waals surface area contributed by atoms with E-state index in [4.69, 9.17) is 4.74 Å². The van der Waals surface area contributed by atoms with Crippen LogP contribution in [-0.4, -0.2) is 38.7 Å². The number of guanidine groups is 1. The number of ether oxygens (including phenoxy) is 2. The van der Waals surface area contributed by atoms with Crippen molar-refractivity contribution in [2.75, 3.05) is 26.8 Å². The number of nitrogens with zero attached hydrogens (tertiary/aromatic N) is 1. The lowest BCUT2D eigenvalue weighted by Crippen LogP contribution is -2.38. The highest BCUT2D eigenvalue weighted by molar-refractivity contribution is 5.80. The quantitative estimate of drug-likeness (QED) is 0.411. The Morgan fingerprint density at radius 2 is 2.08 bits per heavy atom. The SMILES string of the molecule is CCNC(=NCc1ccccc1OCC1CC1)NCCC(=O)OC. The Hall–Kier alpha value is -2.24. The Balaban J connectivity index is 1.90. The van der Waals surface area contributed by atoms with Gasteiger partial charge in [-0.2, -0.15) is 0 Å². The van der Waals surface area contributed by atoms with E-state index in [1.807, 2.05) is 31.2 Å². The summed E-state index contributed by atoms with van der Waals surface area (Å²) in [5, 5.41) is 6.30. The number of methoxy groups -OCH3 is 1. The Kier molecular flexibility index (Phi) is 7.39. The number of hydrogen-bond donors (Lipinski definition) is 2. The monoisotopic (exact) mass is 333 g/mol. The third kappa shape index (κ3) is 6.48. The normalized spacial score (nSPS) is 14.2. The summed E-state index contributed by atoms with van der Waals surface area (Å²) in [6.07, 6.45) is 2.85. The maximum atomic E-state index is 11.2. The second-order valence-corrected chi connectivity index (χ2v) is 5.81. The molecule has 0 spiro atoms. The van der Waals surface area contributed by atoms with Crippen molar-refractivity contribution in [1.29, 1.82) is 0 Å². The Morgan fingerprint density at radius 3 is 2.79 bits per heavy atom. The summed E-state index contributed by atoms with van der Waals surface area (Å²) >= 11 is 0. The summed E-state index contributed by atoms with van der Waals surface area (Å²) in [6.45, 7) is 4.55. The first kappa shape index (κ1) is 18.1. The average Bonchev–Trinajstić information content (AvgIpc) is 3.42. The number of para-hydroxylation sites is 1. The van der Waals surface area contributed by atoms with Crippen LogP contribution in [0.15, 0.2) is 29.3 Å². The van der Waals surface area contributed by atoms with Crippen LogP contribution in [0, 0.1) is 5.92 Å². The summed E-state index contributed by atoms with van der Waals surface area (Å²) in [5.41, 5.74) is 1.06. The van der Waals surface area contributed by atoms with Crippen molar-refractivity contribution in [1.82, 2.24) is 10.6 Å². The Morgan fingerprint density at radius 1 is 1.29 bits per heavy atom. The summed E-state index contributed by atoms with van der Waals surface area (Å²) in [5.74, 6) is 2.06. The van der Waals surface area contributed by atoms with Gasteiger partial charge in [0.25, 0.3) is 0 Å². The number of rotatable bonds is 9. The van der Waals surface area contributed by atoms with Crippen LogP contribution in [0.5, 0.6) is 5.75 Å². The minimum atomic E-state index is -0.239. The van der Waals surface area contributed by atoms with Gasteiger partial charge in [0.15, 0.2) is 5.96 Å². The van der Waals surface area contributed by atoms with Crippen molar-refractivity contribution in [3.05, 3.63) is 29.8 Å². The summed E-state index contributed by atoms with van der Waals surface area (Å²) in [6, 6.07) is 8.00. The number of esters is 1. The highest BCUT2D eigenvalue weighted by Crippen LogP contribution is 2.30. The van der Waals surface area contributed by atoms with Crippen molar-refractivity contribution in [2.45, 2.75) is 32.7 Å². The van der Waals surface area contributed by atoms with Crippen LogP contribution in [0.25, 0.3) is 0 Å². The Labute approximate surface area is 143 Å². The van der Waals surface area contributed by atoms with Crippen molar-refractivity contribution in [2.24, 2.45) is 10.9 Å². The molecule has 0 unspecified atom stereocenters. The third-order valence-electron chi connectivity index (χ3n) is 3.75. The van der Waals surface area contributed by atoms with Gasteiger partial charge in [0.05, 0.1) is 26.7 Å². The maximum Gasteiger partial charge on any atom is 0.307 e. The molecule has 0 atom stereocenters. The predicted octanol–water partition coefficient (Wildman–Crippen LogP) is 2.09. The summed E-state index contributed by atoms with van der Waals surface area (Å²) in [7, 11) is 1.39. The van der Waals surface area contributed by atoms with E-state index >= 15 is 0 Å². The van der Waals surface area contributed by atoms with Gasteiger partial charge in [0, 0.05) is 18.7 Å². The van der Waals surface area contributed by atoms with Gasteiger partial charge in [-0.25, -0.2) is 4.99 Å². The maximum absolute atomic E-state index is 11.2. The lowest BCUT2D eigenvalue weighted by Gasteiger charge is -2.12. The molecule has 1 saturated carbocycles. The van der Waals surface area contributed by atoms with E-state index in [0.29, 0.717) is 25.5 Å². The van der Waals surface area contributed by atoms with Crippen LogP contribution >= 0.6 is 0 Å². The molecule has 1 aliphatic carbocycles. The van der Waals surface area contributed by atoms with E-state index in [1.165, 1.54) is 20.0 Å². The van der Waals surface area contributed by atoms with Crippen LogP contribution in [0.3, 0.4) is 0 Å². The van der Waals surface area contributed by atoms with E-state index in [0.717, 1.165) is 30.4 Å². The van der Waals surface area contributed by atoms with Crippen LogP contribution in [0.4, 0.5) is 0 Å². The molecule has 2 rings (SSSR count). The molecule has 0 saturated heterocycles. The van der Waals surface area contributed by atoms with Crippen molar-refractivity contribution in [3.63, 3.8) is 0 Å². The van der Waals surface area contributed by atoms with Gasteiger partial charge in [-0.15, -0.1) is 0 Å². The van der Waals surface area contributed by atoms with Gasteiger partial charge >= 0.3 is 5.97 Å². The van der Waals surface area contributed by atoms with Crippen LogP contribution in [0.1, 0.15) is 31.7 Å². The number of benzene rings is 1. The zero-order valence-corrected chi connectivity index (χ0v) is 14.5. The summed E-state index contributed by atoms with van der Waals surface area (Å²) < 4.78 is 10.5. The van der Waals surface area contributed by atoms with E-state index in [2.05, 4.69) is 20.4 Å². The molecule has 0 aliphatic heterocycles. The van der Waals surface area contributed by atoms with Gasteiger partial charge in [-0.1, -0.05) is 18.2 Å². The zero-order chi connectivity index (χ0) is 17.2. The number of carbonyl (C=O) groups is 1. The molecule has 2 N–H and O–H groups in total. The molecule has 0 radical (unpaired) electrons. The first-order valence-corrected chi connectivity index (χ1v) is 8.52. The van der Waals surface area contributed by atoms with Gasteiger partial charge < -0.3 is 20.1 Å². The van der Waals surface area contributed by atoms with Gasteiger partial charge in [0.1, 0.15) is 5.75 Å². The van der Waals surface area contributed by atoms with Crippen LogP contribution in [-0.2, 0) is 16.1 Å². The number of nitrogens with one attached hydrogen (secondary N) is 2. The first-order chi connectivity index (χ1) is 11.7. The molecule has 0 aromatic heterocycles. The van der Waals surface area contributed by atoms with Crippen molar-refractivity contribution >= 4 is 11.9 Å². The van der Waals surface area contributed by atoms with E-state index in [-0.39, 0.29) is 5.97 Å². The molecule has 1 fully saturated rings. The largest absolute Gasteiger partial charge is 0.493 e. The molecule has 1 aromatic carbocycles. The van der Waals surface area contributed by atoms with Gasteiger partial charge in [-0.05, 0) is 31.7 Å². The van der Waals surface area contributed by atoms with E-state index in [9.17, 15) is 4.79 Å². The fourth-order valence-corrected chi connectivity index (χ4v) is 2.16. The van der Waals surface area contributed by atoms with Crippen molar-refractivity contribution in [3.8, 4) is 5.75 Å². The Bertz CT molecular complexity index is 556. The highest BCUT2D eigenvalue weighted by Gasteiger charge is 2.22. The fraction of sp³-hybridized carbons (Fsp3) is 0.556. The van der Waals surface area contributed by atoms with E-state index in [1.54, 1.807) is 0 Å². The lowest BCUT2D eigenvalue weighted by molar-refractivity contribution is -0.140. The molecule has 6 heteroatoms. The number of hydrogen-bond acceptors (Lipinski definition) is 4. The number of carbonyl (C=O) groups excluding carboxylic acids is 1. The molecule has 1 aliphatic rings. The molecule has 6 nitrogen and oxygen atoms in total. The lowest BCUT2D eigenvalue weighted by atomic mass is 10.2. The van der Waals surface area contributed by atoms with E-state index < -0.39 is 0 Å². The fourth-order valence-electron chi connectivity index (χ4n) is 2.16. The minimum Gasteiger partial charge on any atom is -0.493 e. The van der Waals surface area contributed by atoms with Gasteiger partial charge in [0.2, 0.25) is 0 Å². The molecule has 132 valence electrons. The van der Waals surface area contributed by atoms with Crippen molar-refractivity contribution < 1.29 is 14.3 Å². The highest BCUT2D eigenvalue weighted by atomic mass is 16.5. The van der Waals surface area contributed by atoms with Gasteiger partial charge in [-0.3, -0.25) is 4.79 Å². The summed E-state index contributed by atoms with van der Waals surface area (Å²) in [4.78, 5) is 15.7. The predicted molar refractivity (Wildman–Crippen MR) is 94.1 cm³/mol. The first-order valence-electron chi connectivity index (χ1n) is 8.52. The molecule has 0 heterocycles. The van der Waals surface area contributed by atoms with Crippen LogP contribution < -0.4 is 15.4 Å². The standard InChI is InChI=1S/C18H27N3O3/c1-3-19-18(20-11-10-17(22)23-2)21-12-15-6-4-5-7-16(15)24-13-14-8-9-14/h4-7,14H,3,8-13H2,1-2H3,(H2,19,20,21). The second-order valence-electron chi connectivity index (χ2n) is 5.81. The second kappa shape index (κ2) is 9.80. The van der Waals surface area contributed by atoms with Crippen LogP contribution in [0.2, 0.25) is 0 Å². The zero-order valence-electron chi connectivity index (χ0n) is 14.5. The molecular formula is C18H27N3O3. The minimum absolute atomic E-state index is 0.239. The molecule has 0 amide bonds. The third-order valence-corrected chi connectivity index (χ3v) is 3.75. The number of aliphatic imine (C=N–C) groups is 1. The smallest absolute Gasteiger partial charge is 0.307 e. The average molecular weight is 333 g/mol. The molecular weight excluding hydrogens is 306 g/mol.